The predicted octanol–water partition coefficient (Wildman–Crippen LogP) is 2.84. The first-order valence-electron chi connectivity index (χ1n) is 8.11. The van der Waals surface area contributed by atoms with Crippen molar-refractivity contribution in [1.82, 2.24) is 4.90 Å². The number of rotatable bonds is 3. The van der Waals surface area contributed by atoms with Crippen molar-refractivity contribution in [2.24, 2.45) is 0 Å². The van der Waals surface area contributed by atoms with Crippen molar-refractivity contribution in [2.75, 3.05) is 20.3 Å². The third-order valence-electron chi connectivity index (χ3n) is 4.46. The number of halogens is 4. The number of nitrogens with zero attached hydrogens (tertiary/aromatic N) is 1. The Morgan fingerprint density at radius 1 is 1.31 bits per heavy atom. The lowest BCUT2D eigenvalue weighted by Gasteiger charge is -2.48. The third-order valence-corrected chi connectivity index (χ3v) is 4.46. The Hall–Kier alpha value is -1.71. The highest BCUT2D eigenvalue weighted by molar-refractivity contribution is 5.73. The van der Waals surface area contributed by atoms with E-state index in [4.69, 9.17) is 19.4 Å². The summed E-state index contributed by atoms with van der Waals surface area (Å²) in [6.45, 7) is 2.31. The van der Waals surface area contributed by atoms with Gasteiger partial charge < -0.3 is 14.6 Å². The second-order valence-corrected chi connectivity index (χ2v) is 6.28. The molecule has 26 heavy (non-hydrogen) atoms. The van der Waals surface area contributed by atoms with Crippen LogP contribution in [0.25, 0.3) is 0 Å². The quantitative estimate of drug-likeness (QED) is 0.819. The van der Waals surface area contributed by atoms with E-state index in [9.17, 15) is 17.6 Å². The molecule has 2 bridgehead atoms. The molecule has 1 aromatic rings. The van der Waals surface area contributed by atoms with Gasteiger partial charge in [-0.15, -0.1) is 0 Å². The summed E-state index contributed by atoms with van der Waals surface area (Å²) < 4.78 is 56.2. The zero-order valence-corrected chi connectivity index (χ0v) is 14.2. The number of benzene rings is 1. The van der Waals surface area contributed by atoms with Crippen molar-refractivity contribution in [2.45, 2.75) is 43.8 Å². The maximum absolute atomic E-state index is 13.3. The summed E-state index contributed by atoms with van der Waals surface area (Å²) in [6, 6.07) is 7.66. The molecule has 0 radical (unpaired) electrons. The van der Waals surface area contributed by atoms with Crippen LogP contribution in [0.3, 0.4) is 0 Å². The van der Waals surface area contributed by atoms with E-state index in [1.54, 1.807) is 19.2 Å². The van der Waals surface area contributed by atoms with Crippen LogP contribution in [0.2, 0.25) is 0 Å². The van der Waals surface area contributed by atoms with E-state index in [0.717, 1.165) is 38.2 Å². The number of ether oxygens (including phenoxy) is 2. The molecule has 2 unspecified atom stereocenters. The Labute approximate surface area is 148 Å². The molecule has 1 N–H and O–H groups in total. The zero-order chi connectivity index (χ0) is 19.3. The monoisotopic (exact) mass is 379 g/mol. The van der Waals surface area contributed by atoms with Gasteiger partial charge in [-0.2, -0.15) is 13.2 Å². The van der Waals surface area contributed by atoms with Crippen molar-refractivity contribution >= 4 is 5.97 Å². The van der Waals surface area contributed by atoms with Crippen LogP contribution in [0.15, 0.2) is 24.3 Å². The predicted molar refractivity (Wildman–Crippen MR) is 84.1 cm³/mol. The van der Waals surface area contributed by atoms with Gasteiger partial charge in [0.2, 0.25) is 0 Å². The first kappa shape index (κ1) is 20.6. The highest BCUT2D eigenvalue weighted by Gasteiger charge is 2.39. The van der Waals surface area contributed by atoms with Gasteiger partial charge in [0, 0.05) is 25.7 Å². The number of hydrogen-bond donors (Lipinski definition) is 1. The Balaban J connectivity index is 0.000000298. The van der Waals surface area contributed by atoms with E-state index in [0.29, 0.717) is 18.2 Å². The molecule has 9 heteroatoms. The van der Waals surface area contributed by atoms with E-state index in [2.05, 4.69) is 4.90 Å². The number of fused-ring (bicyclic) bond motifs is 2. The van der Waals surface area contributed by atoms with Crippen LogP contribution in [0, 0.1) is 5.82 Å². The fraction of sp³-hybridized carbons (Fsp3) is 0.588. The topological polar surface area (TPSA) is 59.0 Å². The van der Waals surface area contributed by atoms with Crippen LogP contribution in [0.4, 0.5) is 17.6 Å². The van der Waals surface area contributed by atoms with Gasteiger partial charge >= 0.3 is 12.1 Å². The molecule has 2 aliphatic rings. The molecule has 0 aromatic heterocycles. The van der Waals surface area contributed by atoms with Gasteiger partial charge in [0.25, 0.3) is 0 Å². The highest BCUT2D eigenvalue weighted by atomic mass is 19.4. The summed E-state index contributed by atoms with van der Waals surface area (Å²) >= 11 is 0. The van der Waals surface area contributed by atoms with Gasteiger partial charge in [0.15, 0.2) is 0 Å². The average Bonchev–Trinajstić information content (AvgIpc) is 2.54. The van der Waals surface area contributed by atoms with Crippen molar-refractivity contribution < 1.29 is 36.9 Å². The number of hydrogen-bond acceptors (Lipinski definition) is 4. The van der Waals surface area contributed by atoms with E-state index in [1.165, 1.54) is 6.07 Å². The number of carboxylic acid groups (broad SMARTS) is 1. The van der Waals surface area contributed by atoms with E-state index in [-0.39, 0.29) is 5.82 Å². The Bertz CT molecular complexity index is 597. The molecule has 0 amide bonds. The van der Waals surface area contributed by atoms with Crippen LogP contribution in [-0.2, 0) is 20.8 Å². The molecule has 0 saturated carbocycles. The maximum Gasteiger partial charge on any atom is 0.490 e. The number of methoxy groups -OCH3 is 1. The summed E-state index contributed by atoms with van der Waals surface area (Å²) in [5.74, 6) is -2.92. The van der Waals surface area contributed by atoms with Gasteiger partial charge in [-0.1, -0.05) is 12.1 Å². The number of carboxylic acids is 1. The van der Waals surface area contributed by atoms with Crippen LogP contribution in [0.1, 0.15) is 18.4 Å². The number of alkyl halides is 3. The molecular formula is C17H21F4NO4. The van der Waals surface area contributed by atoms with Gasteiger partial charge in [0.1, 0.15) is 5.82 Å². The Kier molecular flexibility index (Phi) is 6.96. The highest BCUT2D eigenvalue weighted by Crippen LogP contribution is 2.30. The van der Waals surface area contributed by atoms with Gasteiger partial charge in [-0.3, -0.25) is 4.90 Å². The number of morpholine rings is 1. The summed E-state index contributed by atoms with van der Waals surface area (Å²) in [4.78, 5) is 11.3. The second kappa shape index (κ2) is 8.79. The number of piperidine rings is 1. The molecule has 0 aliphatic carbocycles. The third kappa shape index (κ3) is 5.65. The maximum atomic E-state index is 13.3. The molecule has 5 nitrogen and oxygen atoms in total. The van der Waals surface area contributed by atoms with Crippen molar-refractivity contribution in [3.63, 3.8) is 0 Å². The Morgan fingerprint density at radius 2 is 1.88 bits per heavy atom. The standard InChI is InChI=1S/C15H20FNO2.C2HF3O2/c1-18-15-6-13-9-19-10-14(7-15)17(13)8-11-3-2-4-12(16)5-11;3-2(4,5)1(6)7/h2-5,13-15H,6-10H2,1H3;(H,6,7). The molecule has 1 aromatic carbocycles. The van der Waals surface area contributed by atoms with E-state index < -0.39 is 12.1 Å². The second-order valence-electron chi connectivity index (χ2n) is 6.28. The first-order valence-corrected chi connectivity index (χ1v) is 8.11. The number of aliphatic carboxylic acids is 1. The van der Waals surface area contributed by atoms with Gasteiger partial charge in [-0.05, 0) is 30.5 Å². The van der Waals surface area contributed by atoms with E-state index in [1.807, 2.05) is 6.07 Å². The van der Waals surface area contributed by atoms with Crippen LogP contribution in [0.5, 0.6) is 0 Å². The smallest absolute Gasteiger partial charge is 0.475 e. The lowest BCUT2D eigenvalue weighted by Crippen LogP contribution is -2.57. The largest absolute Gasteiger partial charge is 0.490 e. The number of carbonyl (C=O) groups is 1. The molecule has 2 atom stereocenters. The van der Waals surface area contributed by atoms with Crippen LogP contribution < -0.4 is 0 Å². The molecule has 146 valence electrons. The summed E-state index contributed by atoms with van der Waals surface area (Å²) in [5.41, 5.74) is 1.03. The molecule has 2 aliphatic heterocycles. The molecule has 0 spiro atoms. The normalized spacial score (nSPS) is 26.0. The van der Waals surface area contributed by atoms with Crippen molar-refractivity contribution in [1.29, 1.82) is 0 Å². The minimum Gasteiger partial charge on any atom is -0.475 e. The fourth-order valence-corrected chi connectivity index (χ4v) is 3.24. The molecular weight excluding hydrogens is 358 g/mol. The Morgan fingerprint density at radius 3 is 2.35 bits per heavy atom. The summed E-state index contributed by atoms with van der Waals surface area (Å²) in [5, 5.41) is 7.12. The first-order chi connectivity index (χ1) is 12.2. The average molecular weight is 379 g/mol. The molecule has 2 heterocycles. The lowest BCUT2D eigenvalue weighted by molar-refractivity contribution is -0.192. The molecule has 2 saturated heterocycles. The van der Waals surface area contributed by atoms with Crippen LogP contribution >= 0.6 is 0 Å². The summed E-state index contributed by atoms with van der Waals surface area (Å²) in [7, 11) is 1.78. The van der Waals surface area contributed by atoms with Crippen LogP contribution in [-0.4, -0.2) is 60.7 Å². The minimum atomic E-state index is -5.08. The van der Waals surface area contributed by atoms with Gasteiger partial charge in [-0.25, -0.2) is 9.18 Å². The van der Waals surface area contributed by atoms with E-state index >= 15 is 0 Å². The van der Waals surface area contributed by atoms with Crippen molar-refractivity contribution in [3.05, 3.63) is 35.6 Å². The minimum absolute atomic E-state index is 0.161. The molecule has 2 fully saturated rings. The molecule has 3 rings (SSSR count). The van der Waals surface area contributed by atoms with Gasteiger partial charge in [0.05, 0.1) is 19.3 Å². The fourth-order valence-electron chi connectivity index (χ4n) is 3.24. The lowest BCUT2D eigenvalue weighted by atomic mass is 9.91. The zero-order valence-electron chi connectivity index (χ0n) is 14.2. The summed E-state index contributed by atoms with van der Waals surface area (Å²) in [6.07, 6.45) is -2.74. The SMILES string of the molecule is COC1CC2COCC(C1)N2Cc1cccc(F)c1.O=C(O)C(F)(F)F. The van der Waals surface area contributed by atoms with Crippen molar-refractivity contribution in [3.8, 4) is 0 Å².